The molecule has 0 saturated carbocycles. The average Bonchev–Trinajstić information content (AvgIpc) is 2.39. The summed E-state index contributed by atoms with van der Waals surface area (Å²) in [5, 5.41) is 1.11. The van der Waals surface area contributed by atoms with E-state index in [0.717, 1.165) is 17.9 Å². The second-order valence-corrected chi connectivity index (χ2v) is 2.50. The van der Waals surface area contributed by atoms with Crippen LogP contribution in [0.3, 0.4) is 0 Å². The smallest absolute Gasteiger partial charge is 0.241 e. The minimum absolute atomic E-state index is 0.468. The highest BCUT2D eigenvalue weighted by molar-refractivity contribution is 4.59. The van der Waals surface area contributed by atoms with Gasteiger partial charge < -0.3 is 0 Å². The number of hydroxylamine groups is 2. The van der Waals surface area contributed by atoms with Gasteiger partial charge in [0.15, 0.2) is 6.67 Å². The molecule has 0 aromatic heterocycles. The number of halogens is 3. The highest BCUT2D eigenvalue weighted by Crippen LogP contribution is 2.20. The summed E-state index contributed by atoms with van der Waals surface area (Å²) < 4.78 is 35.9. The van der Waals surface area contributed by atoms with E-state index < -0.39 is 12.8 Å². The molecule has 11 heavy (non-hydrogen) atoms. The molecule has 1 fully saturated rings. The lowest BCUT2D eigenvalue weighted by Gasteiger charge is -2.20. The van der Waals surface area contributed by atoms with Crippen molar-refractivity contribution in [1.82, 2.24) is 5.06 Å². The first-order valence-electron chi connectivity index (χ1n) is 3.52. The molecule has 0 bridgehead atoms. The summed E-state index contributed by atoms with van der Waals surface area (Å²) in [7, 11) is 0. The summed E-state index contributed by atoms with van der Waals surface area (Å²) in [4.78, 5) is 4.07. The van der Waals surface area contributed by atoms with Crippen LogP contribution < -0.4 is 0 Å². The maximum Gasteiger partial charge on any atom is 0.399 e. The van der Waals surface area contributed by atoms with Crippen molar-refractivity contribution in [2.45, 2.75) is 19.0 Å². The fourth-order valence-corrected chi connectivity index (χ4v) is 0.993. The van der Waals surface area contributed by atoms with Crippen molar-refractivity contribution in [3.05, 3.63) is 0 Å². The number of nitrogens with zero attached hydrogens (tertiary/aromatic N) is 1. The normalized spacial score (nSPS) is 21.0. The molecule has 0 atom stereocenters. The third kappa shape index (κ3) is 2.67. The maximum atomic E-state index is 12.2. The van der Waals surface area contributed by atoms with E-state index in [2.05, 4.69) is 4.84 Å². The molecule has 2 nitrogen and oxygen atoms in total. The number of hydrogen-bond acceptors (Lipinski definition) is 2. The van der Waals surface area contributed by atoms with Gasteiger partial charge in [-0.1, -0.05) is 0 Å². The molecule has 0 spiro atoms. The van der Waals surface area contributed by atoms with E-state index in [1.165, 1.54) is 0 Å². The van der Waals surface area contributed by atoms with Crippen molar-refractivity contribution in [3.8, 4) is 0 Å². The molecule has 0 aliphatic carbocycles. The largest absolute Gasteiger partial charge is 0.399 e. The quantitative estimate of drug-likeness (QED) is 0.635. The average molecular weight is 169 g/mol. The highest BCUT2D eigenvalue weighted by atomic mass is 19.3. The molecule has 1 aliphatic rings. The van der Waals surface area contributed by atoms with Crippen LogP contribution >= 0.6 is 0 Å². The minimum atomic E-state index is -3.63. The molecular weight excluding hydrogens is 159 g/mol. The van der Waals surface area contributed by atoms with Crippen LogP contribution in [0.5, 0.6) is 0 Å². The summed E-state index contributed by atoms with van der Waals surface area (Å²) >= 11 is 0. The molecular formula is C6H10F3NO. The van der Waals surface area contributed by atoms with Gasteiger partial charge in [0, 0.05) is 13.1 Å². The van der Waals surface area contributed by atoms with Crippen molar-refractivity contribution in [3.63, 3.8) is 0 Å². The Hall–Kier alpha value is -0.290. The van der Waals surface area contributed by atoms with Crippen LogP contribution in [0.1, 0.15) is 12.8 Å². The number of alkyl halides is 3. The first-order chi connectivity index (χ1) is 5.14. The second kappa shape index (κ2) is 3.40. The molecule has 1 aliphatic heterocycles. The van der Waals surface area contributed by atoms with E-state index in [-0.39, 0.29) is 0 Å². The Kier molecular flexibility index (Phi) is 2.72. The standard InChI is InChI=1S/C6H10F3NO/c7-5-6(8,9)11-10-3-1-2-4-10/h1-5H2. The van der Waals surface area contributed by atoms with E-state index in [1.807, 2.05) is 0 Å². The fraction of sp³-hybridized carbons (Fsp3) is 1.00. The third-order valence-electron chi connectivity index (χ3n) is 1.48. The first kappa shape index (κ1) is 8.80. The van der Waals surface area contributed by atoms with Crippen LogP contribution in [0.4, 0.5) is 13.2 Å². The molecule has 0 radical (unpaired) electrons. The van der Waals surface area contributed by atoms with Gasteiger partial charge in [-0.25, -0.2) is 9.23 Å². The number of rotatable bonds is 3. The summed E-state index contributed by atoms with van der Waals surface area (Å²) in [6.45, 7) is -0.825. The van der Waals surface area contributed by atoms with E-state index in [1.54, 1.807) is 0 Å². The van der Waals surface area contributed by atoms with E-state index in [4.69, 9.17) is 0 Å². The Bertz CT molecular complexity index is 125. The van der Waals surface area contributed by atoms with Crippen LogP contribution in [0.2, 0.25) is 0 Å². The van der Waals surface area contributed by atoms with Gasteiger partial charge in [0.2, 0.25) is 0 Å². The Morgan fingerprint density at radius 3 is 2.27 bits per heavy atom. The molecule has 1 saturated heterocycles. The highest BCUT2D eigenvalue weighted by Gasteiger charge is 2.34. The van der Waals surface area contributed by atoms with E-state index in [0.29, 0.717) is 13.1 Å². The predicted octanol–water partition coefficient (Wildman–Crippen LogP) is 1.58. The zero-order valence-electron chi connectivity index (χ0n) is 6.02. The minimum Gasteiger partial charge on any atom is -0.241 e. The molecule has 0 aromatic carbocycles. The topological polar surface area (TPSA) is 12.5 Å². The molecule has 5 heteroatoms. The summed E-state index contributed by atoms with van der Waals surface area (Å²) in [6, 6.07) is 0. The molecule has 0 unspecified atom stereocenters. The van der Waals surface area contributed by atoms with Crippen LogP contribution in [0.25, 0.3) is 0 Å². The Balaban J connectivity index is 2.28. The molecule has 0 N–H and O–H groups in total. The second-order valence-electron chi connectivity index (χ2n) is 2.50. The van der Waals surface area contributed by atoms with Gasteiger partial charge in [-0.3, -0.25) is 0 Å². The Labute approximate surface area is 62.9 Å². The lowest BCUT2D eigenvalue weighted by Crippen LogP contribution is -2.33. The van der Waals surface area contributed by atoms with Gasteiger partial charge in [0.25, 0.3) is 0 Å². The first-order valence-corrected chi connectivity index (χ1v) is 3.52. The van der Waals surface area contributed by atoms with Crippen molar-refractivity contribution in [1.29, 1.82) is 0 Å². The van der Waals surface area contributed by atoms with E-state index >= 15 is 0 Å². The van der Waals surface area contributed by atoms with Gasteiger partial charge in [-0.15, -0.1) is 0 Å². The predicted molar refractivity (Wildman–Crippen MR) is 32.8 cm³/mol. The molecule has 1 heterocycles. The zero-order valence-corrected chi connectivity index (χ0v) is 6.02. The van der Waals surface area contributed by atoms with Gasteiger partial charge >= 0.3 is 6.11 Å². The molecule has 0 amide bonds. The summed E-state index contributed by atoms with van der Waals surface area (Å²) in [5.41, 5.74) is 0. The fourth-order valence-electron chi connectivity index (χ4n) is 0.993. The Morgan fingerprint density at radius 1 is 1.27 bits per heavy atom. The van der Waals surface area contributed by atoms with Crippen LogP contribution in [-0.4, -0.2) is 30.9 Å². The third-order valence-corrected chi connectivity index (χ3v) is 1.48. The maximum absolute atomic E-state index is 12.2. The zero-order chi connectivity index (χ0) is 8.32. The van der Waals surface area contributed by atoms with Gasteiger partial charge in [0.1, 0.15) is 0 Å². The Morgan fingerprint density at radius 2 is 1.82 bits per heavy atom. The van der Waals surface area contributed by atoms with Crippen molar-refractivity contribution < 1.29 is 18.0 Å². The molecule has 66 valence electrons. The lowest BCUT2D eigenvalue weighted by molar-refractivity contribution is -0.352. The van der Waals surface area contributed by atoms with Gasteiger partial charge in [-0.2, -0.15) is 13.8 Å². The van der Waals surface area contributed by atoms with Crippen LogP contribution in [0.15, 0.2) is 0 Å². The van der Waals surface area contributed by atoms with Crippen LogP contribution in [-0.2, 0) is 4.84 Å². The SMILES string of the molecule is FCC(F)(F)ON1CCCC1. The van der Waals surface area contributed by atoms with Crippen molar-refractivity contribution in [2.75, 3.05) is 19.8 Å². The van der Waals surface area contributed by atoms with Gasteiger partial charge in [-0.05, 0) is 12.8 Å². The summed E-state index contributed by atoms with van der Waals surface area (Å²) in [5.74, 6) is 0. The van der Waals surface area contributed by atoms with Crippen LogP contribution in [0, 0.1) is 0 Å². The molecule has 0 aromatic rings. The number of hydrogen-bond donors (Lipinski definition) is 0. The van der Waals surface area contributed by atoms with Gasteiger partial charge in [0.05, 0.1) is 0 Å². The molecule has 1 rings (SSSR count). The van der Waals surface area contributed by atoms with E-state index in [9.17, 15) is 13.2 Å². The van der Waals surface area contributed by atoms with Crippen molar-refractivity contribution >= 4 is 0 Å². The van der Waals surface area contributed by atoms with Crippen molar-refractivity contribution in [2.24, 2.45) is 0 Å². The monoisotopic (exact) mass is 169 g/mol. The summed E-state index contributed by atoms with van der Waals surface area (Å²) in [6.07, 6.45) is -1.96. The lowest BCUT2D eigenvalue weighted by atomic mass is 10.4.